The maximum atomic E-state index is 8.85. The molecule has 0 bridgehead atoms. The van der Waals surface area contributed by atoms with Gasteiger partial charge in [-0.1, -0.05) is 6.92 Å². The van der Waals surface area contributed by atoms with Gasteiger partial charge in [0.1, 0.15) is 0 Å². The Morgan fingerprint density at radius 1 is 1.56 bits per heavy atom. The number of hydrogen-bond acceptors (Lipinski definition) is 3. The fourth-order valence-corrected chi connectivity index (χ4v) is 2.33. The molecule has 0 saturated carbocycles. The molecule has 1 aromatic heterocycles. The molecule has 92 valence electrons. The largest absolute Gasteiger partial charge is 0.323 e. The van der Waals surface area contributed by atoms with Crippen LogP contribution in [0.1, 0.15) is 30.6 Å². The molecule has 18 heavy (non-hydrogen) atoms. The van der Waals surface area contributed by atoms with Crippen LogP contribution in [0.15, 0.2) is 35.2 Å². The van der Waals surface area contributed by atoms with Crippen molar-refractivity contribution in [3.05, 3.63) is 46.5 Å². The topological polar surface area (TPSA) is 67.6 Å². The fourth-order valence-electron chi connectivity index (χ4n) is 1.76. The zero-order valence-electron chi connectivity index (χ0n) is 9.97. The van der Waals surface area contributed by atoms with Gasteiger partial charge in [-0.3, -0.25) is 0 Å². The van der Waals surface area contributed by atoms with Gasteiger partial charge in [0.15, 0.2) is 0 Å². The number of nitriles is 1. The number of benzene rings is 1. The van der Waals surface area contributed by atoms with Gasteiger partial charge in [0.05, 0.1) is 35.5 Å². The third kappa shape index (κ3) is 2.30. The first-order chi connectivity index (χ1) is 8.67. The van der Waals surface area contributed by atoms with Crippen molar-refractivity contribution in [3.63, 3.8) is 0 Å². The third-order valence-corrected chi connectivity index (χ3v) is 3.46. The number of halogens is 1. The summed E-state index contributed by atoms with van der Waals surface area (Å²) >= 11 is 3.47. The van der Waals surface area contributed by atoms with Crippen LogP contribution in [0.25, 0.3) is 5.69 Å². The minimum Gasteiger partial charge on any atom is -0.323 e. The second-order valence-corrected chi connectivity index (χ2v) is 4.84. The van der Waals surface area contributed by atoms with Crippen molar-refractivity contribution in [1.82, 2.24) is 9.55 Å². The average molecular weight is 305 g/mol. The lowest BCUT2D eigenvalue weighted by atomic mass is 10.1. The highest BCUT2D eigenvalue weighted by Gasteiger charge is 2.13. The first-order valence-corrected chi connectivity index (χ1v) is 6.44. The van der Waals surface area contributed by atoms with Crippen LogP contribution < -0.4 is 5.73 Å². The molecule has 2 aromatic rings. The molecule has 0 amide bonds. The standard InChI is InChI=1S/C13H13BrN4/c1-2-11(16)13-7-17-8-18(13)12-4-3-9(6-15)5-10(12)14/h3-5,7-8,11H,2,16H2,1H3/t11-/m1/s1. The lowest BCUT2D eigenvalue weighted by Gasteiger charge is -2.14. The SMILES string of the molecule is CC[C@@H](N)c1cncn1-c1ccc(C#N)cc1Br. The van der Waals surface area contributed by atoms with E-state index in [9.17, 15) is 0 Å². The van der Waals surface area contributed by atoms with Crippen LogP contribution in [0.3, 0.4) is 0 Å². The molecule has 1 heterocycles. The summed E-state index contributed by atoms with van der Waals surface area (Å²) in [6, 6.07) is 7.52. The van der Waals surface area contributed by atoms with Crippen molar-refractivity contribution in [2.75, 3.05) is 0 Å². The second-order valence-electron chi connectivity index (χ2n) is 3.98. The van der Waals surface area contributed by atoms with Crippen molar-refractivity contribution in [2.24, 2.45) is 5.73 Å². The Hall–Kier alpha value is -1.64. The second kappa shape index (κ2) is 5.34. The van der Waals surface area contributed by atoms with Gasteiger partial charge >= 0.3 is 0 Å². The molecule has 0 radical (unpaired) electrons. The third-order valence-electron chi connectivity index (χ3n) is 2.82. The van der Waals surface area contributed by atoms with Gasteiger partial charge in [-0.25, -0.2) is 4.98 Å². The van der Waals surface area contributed by atoms with Crippen LogP contribution >= 0.6 is 15.9 Å². The predicted molar refractivity (Wildman–Crippen MR) is 73.2 cm³/mol. The van der Waals surface area contributed by atoms with E-state index in [4.69, 9.17) is 11.0 Å². The molecule has 0 fully saturated rings. The predicted octanol–water partition coefficient (Wildman–Crippen LogP) is 2.92. The van der Waals surface area contributed by atoms with Crippen LogP contribution in [0.5, 0.6) is 0 Å². The molecular weight excluding hydrogens is 292 g/mol. The summed E-state index contributed by atoms with van der Waals surface area (Å²) in [5.41, 5.74) is 8.57. The highest BCUT2D eigenvalue weighted by Crippen LogP contribution is 2.25. The van der Waals surface area contributed by atoms with Crippen LogP contribution in [-0.4, -0.2) is 9.55 Å². The van der Waals surface area contributed by atoms with Crippen molar-refractivity contribution >= 4 is 15.9 Å². The number of hydrogen-bond donors (Lipinski definition) is 1. The first kappa shape index (κ1) is 12.8. The molecular formula is C13H13BrN4. The summed E-state index contributed by atoms with van der Waals surface area (Å²) in [7, 11) is 0. The number of nitrogens with two attached hydrogens (primary N) is 1. The van der Waals surface area contributed by atoms with E-state index in [2.05, 4.69) is 27.0 Å². The normalized spacial score (nSPS) is 12.1. The average Bonchev–Trinajstić information content (AvgIpc) is 2.86. The molecule has 0 aliphatic rings. The van der Waals surface area contributed by atoms with Gasteiger partial charge in [-0.2, -0.15) is 5.26 Å². The molecule has 0 saturated heterocycles. The molecule has 0 aliphatic carbocycles. The van der Waals surface area contributed by atoms with Crippen molar-refractivity contribution in [1.29, 1.82) is 5.26 Å². The molecule has 2 N–H and O–H groups in total. The summed E-state index contributed by atoms with van der Waals surface area (Å²) < 4.78 is 2.79. The number of aromatic nitrogens is 2. The van der Waals surface area contributed by atoms with E-state index in [-0.39, 0.29) is 6.04 Å². The summed E-state index contributed by atoms with van der Waals surface area (Å²) in [4.78, 5) is 4.15. The van der Waals surface area contributed by atoms with Crippen molar-refractivity contribution < 1.29 is 0 Å². The summed E-state index contributed by atoms with van der Waals surface area (Å²) in [5.74, 6) is 0. The minimum atomic E-state index is -0.0463. The highest BCUT2D eigenvalue weighted by atomic mass is 79.9. The van der Waals surface area contributed by atoms with E-state index in [1.54, 1.807) is 24.7 Å². The molecule has 0 spiro atoms. The summed E-state index contributed by atoms with van der Waals surface area (Å²) in [6.45, 7) is 2.04. The van der Waals surface area contributed by atoms with Gasteiger partial charge in [-0.15, -0.1) is 0 Å². The number of nitrogens with zero attached hydrogens (tertiary/aromatic N) is 3. The molecule has 4 nitrogen and oxygen atoms in total. The molecule has 1 aromatic carbocycles. The van der Waals surface area contributed by atoms with E-state index < -0.39 is 0 Å². The van der Waals surface area contributed by atoms with Crippen LogP contribution in [0.2, 0.25) is 0 Å². The van der Waals surface area contributed by atoms with E-state index in [1.807, 2.05) is 17.6 Å². The smallest absolute Gasteiger partial charge is 0.0995 e. The quantitative estimate of drug-likeness (QED) is 0.948. The summed E-state index contributed by atoms with van der Waals surface area (Å²) in [6.07, 6.45) is 4.36. The Kier molecular flexibility index (Phi) is 3.80. The van der Waals surface area contributed by atoms with Crippen LogP contribution in [0.4, 0.5) is 0 Å². The van der Waals surface area contributed by atoms with Gasteiger partial charge in [0.2, 0.25) is 0 Å². The Balaban J connectivity index is 2.50. The lowest BCUT2D eigenvalue weighted by molar-refractivity contribution is 0.659. The number of rotatable bonds is 3. The first-order valence-electron chi connectivity index (χ1n) is 5.65. The Morgan fingerprint density at radius 3 is 2.94 bits per heavy atom. The summed E-state index contributed by atoms with van der Waals surface area (Å²) in [5, 5.41) is 8.85. The Labute approximate surface area is 114 Å². The molecule has 2 rings (SSSR count). The number of imidazole rings is 1. The zero-order valence-corrected chi connectivity index (χ0v) is 11.6. The maximum Gasteiger partial charge on any atom is 0.0995 e. The minimum absolute atomic E-state index is 0.0463. The lowest BCUT2D eigenvalue weighted by Crippen LogP contribution is -2.13. The van der Waals surface area contributed by atoms with E-state index in [0.29, 0.717) is 5.56 Å². The van der Waals surface area contributed by atoms with Crippen LogP contribution in [-0.2, 0) is 0 Å². The molecule has 5 heteroatoms. The van der Waals surface area contributed by atoms with Gasteiger partial charge in [-0.05, 0) is 40.5 Å². The maximum absolute atomic E-state index is 8.85. The zero-order chi connectivity index (χ0) is 13.1. The molecule has 0 aliphatic heterocycles. The van der Waals surface area contributed by atoms with Crippen LogP contribution in [0, 0.1) is 11.3 Å². The van der Waals surface area contributed by atoms with E-state index in [1.165, 1.54) is 0 Å². The monoisotopic (exact) mass is 304 g/mol. The van der Waals surface area contributed by atoms with Gasteiger partial charge in [0.25, 0.3) is 0 Å². The van der Waals surface area contributed by atoms with Gasteiger partial charge < -0.3 is 10.3 Å². The van der Waals surface area contributed by atoms with Gasteiger partial charge in [0, 0.05) is 10.5 Å². The van der Waals surface area contributed by atoms with Crippen molar-refractivity contribution in [3.8, 4) is 11.8 Å². The Bertz CT molecular complexity index is 597. The highest BCUT2D eigenvalue weighted by molar-refractivity contribution is 9.10. The molecule has 0 unspecified atom stereocenters. The molecule has 1 atom stereocenters. The van der Waals surface area contributed by atoms with Crippen molar-refractivity contribution in [2.45, 2.75) is 19.4 Å². The Morgan fingerprint density at radius 2 is 2.33 bits per heavy atom. The van der Waals surface area contributed by atoms with E-state index >= 15 is 0 Å². The fraction of sp³-hybridized carbons (Fsp3) is 0.231. The van der Waals surface area contributed by atoms with E-state index in [0.717, 1.165) is 22.3 Å².